The van der Waals surface area contributed by atoms with Gasteiger partial charge in [-0.2, -0.15) is 5.26 Å². The normalized spacial score (nSPS) is 11.1. The molecule has 0 saturated carbocycles. The number of anilines is 1. The molecule has 0 radical (unpaired) electrons. The van der Waals surface area contributed by atoms with Crippen molar-refractivity contribution in [2.24, 2.45) is 0 Å². The topological polar surface area (TPSA) is 122 Å². The van der Waals surface area contributed by atoms with E-state index in [2.05, 4.69) is 5.32 Å². The number of rotatable bonds is 5. The predicted molar refractivity (Wildman–Crippen MR) is 92.8 cm³/mol. The van der Waals surface area contributed by atoms with Crippen molar-refractivity contribution in [3.8, 4) is 6.07 Å². The van der Waals surface area contributed by atoms with Crippen molar-refractivity contribution >= 4 is 34.9 Å². The number of ether oxygens (including phenoxy) is 1. The Morgan fingerprint density at radius 1 is 1.31 bits per heavy atom. The standard InChI is InChI=1S/C17H12ClN3O5/c1-10(16(22)20-12-4-2-3-11(7-12)9-19)26-17(23)14-8-13(21(24)25)5-6-15(14)18/h2-8,10H,1H3,(H,20,22)/t10-/m0/s1. The second kappa shape index (κ2) is 8.09. The minimum absolute atomic E-state index is 0.0325. The number of nitrogens with one attached hydrogen (secondary N) is 1. The smallest absolute Gasteiger partial charge is 0.340 e. The summed E-state index contributed by atoms with van der Waals surface area (Å²) in [5, 5.41) is 22.1. The van der Waals surface area contributed by atoms with Crippen LogP contribution in [0.1, 0.15) is 22.8 Å². The largest absolute Gasteiger partial charge is 0.449 e. The highest BCUT2D eigenvalue weighted by atomic mass is 35.5. The monoisotopic (exact) mass is 373 g/mol. The number of esters is 1. The highest BCUT2D eigenvalue weighted by Gasteiger charge is 2.22. The van der Waals surface area contributed by atoms with Crippen LogP contribution < -0.4 is 5.32 Å². The number of benzene rings is 2. The summed E-state index contributed by atoms with van der Waals surface area (Å²) >= 11 is 5.87. The molecule has 0 aromatic heterocycles. The number of nitriles is 1. The summed E-state index contributed by atoms with van der Waals surface area (Å²) in [6.45, 7) is 1.34. The van der Waals surface area contributed by atoms with Crippen molar-refractivity contribution < 1.29 is 19.2 Å². The second-order valence-electron chi connectivity index (χ2n) is 5.15. The van der Waals surface area contributed by atoms with Gasteiger partial charge in [0, 0.05) is 17.8 Å². The number of nitro benzene ring substituents is 1. The SMILES string of the molecule is C[C@H](OC(=O)c1cc([N+](=O)[O-])ccc1Cl)C(=O)Nc1cccc(C#N)c1. The van der Waals surface area contributed by atoms with E-state index in [-0.39, 0.29) is 16.3 Å². The maximum absolute atomic E-state index is 12.2. The van der Waals surface area contributed by atoms with Gasteiger partial charge in [-0.05, 0) is 31.2 Å². The number of amides is 1. The number of nitrogens with zero attached hydrogens (tertiary/aromatic N) is 2. The predicted octanol–water partition coefficient (Wildman–Crippen LogP) is 3.30. The molecule has 1 amide bonds. The summed E-state index contributed by atoms with van der Waals surface area (Å²) in [5.41, 5.74) is 0.180. The van der Waals surface area contributed by atoms with E-state index in [1.54, 1.807) is 18.2 Å². The Balaban J connectivity index is 2.09. The number of hydrogen-bond acceptors (Lipinski definition) is 6. The summed E-state index contributed by atoms with van der Waals surface area (Å²) in [5.74, 6) is -1.60. The zero-order valence-corrected chi connectivity index (χ0v) is 14.2. The molecular formula is C17H12ClN3O5. The van der Waals surface area contributed by atoms with E-state index >= 15 is 0 Å². The van der Waals surface area contributed by atoms with Gasteiger partial charge in [0.2, 0.25) is 0 Å². The first-order chi connectivity index (χ1) is 12.3. The molecule has 2 aromatic carbocycles. The van der Waals surface area contributed by atoms with Crippen LogP contribution >= 0.6 is 11.6 Å². The number of carbonyl (C=O) groups is 2. The number of non-ortho nitro benzene ring substituents is 1. The van der Waals surface area contributed by atoms with Crippen LogP contribution in [0.25, 0.3) is 0 Å². The molecule has 8 nitrogen and oxygen atoms in total. The Kier molecular flexibility index (Phi) is 5.88. The van der Waals surface area contributed by atoms with Crippen molar-refractivity contribution in [3.63, 3.8) is 0 Å². The Labute approximate surface area is 153 Å². The zero-order valence-electron chi connectivity index (χ0n) is 13.4. The lowest BCUT2D eigenvalue weighted by atomic mass is 10.2. The molecule has 2 rings (SSSR count). The minimum atomic E-state index is -1.19. The molecular weight excluding hydrogens is 362 g/mol. The fraction of sp³-hybridized carbons (Fsp3) is 0.118. The maximum atomic E-state index is 12.2. The third-order valence-corrected chi connectivity index (χ3v) is 3.62. The molecule has 0 heterocycles. The highest BCUT2D eigenvalue weighted by molar-refractivity contribution is 6.33. The molecule has 132 valence electrons. The van der Waals surface area contributed by atoms with Gasteiger partial charge in [-0.25, -0.2) is 4.79 Å². The molecule has 1 atom stereocenters. The molecule has 0 bridgehead atoms. The summed E-state index contributed by atoms with van der Waals surface area (Å²) in [6.07, 6.45) is -1.19. The van der Waals surface area contributed by atoms with Crippen LogP contribution in [0.15, 0.2) is 42.5 Å². The van der Waals surface area contributed by atoms with E-state index in [9.17, 15) is 19.7 Å². The lowest BCUT2D eigenvalue weighted by molar-refractivity contribution is -0.384. The van der Waals surface area contributed by atoms with Gasteiger partial charge in [0.25, 0.3) is 11.6 Å². The van der Waals surface area contributed by atoms with E-state index in [0.29, 0.717) is 11.3 Å². The second-order valence-corrected chi connectivity index (χ2v) is 5.56. The van der Waals surface area contributed by atoms with E-state index in [1.807, 2.05) is 6.07 Å². The summed E-state index contributed by atoms with van der Waals surface area (Å²) in [4.78, 5) is 34.4. The van der Waals surface area contributed by atoms with Crippen LogP contribution in [0.4, 0.5) is 11.4 Å². The van der Waals surface area contributed by atoms with Gasteiger partial charge in [0.1, 0.15) is 0 Å². The first-order valence-corrected chi connectivity index (χ1v) is 7.65. The lowest BCUT2D eigenvalue weighted by Crippen LogP contribution is -2.30. The van der Waals surface area contributed by atoms with Crippen LogP contribution in [-0.2, 0) is 9.53 Å². The molecule has 0 fully saturated rings. The molecule has 0 aliphatic rings. The number of carbonyl (C=O) groups excluding carboxylic acids is 2. The van der Waals surface area contributed by atoms with Crippen LogP contribution in [0.3, 0.4) is 0 Å². The van der Waals surface area contributed by atoms with Crippen LogP contribution in [0.5, 0.6) is 0 Å². The van der Waals surface area contributed by atoms with Gasteiger partial charge < -0.3 is 10.1 Å². The van der Waals surface area contributed by atoms with Gasteiger partial charge in [-0.3, -0.25) is 14.9 Å². The van der Waals surface area contributed by atoms with E-state index < -0.39 is 22.9 Å². The van der Waals surface area contributed by atoms with Crippen LogP contribution in [-0.4, -0.2) is 22.9 Å². The van der Waals surface area contributed by atoms with E-state index in [1.165, 1.54) is 19.1 Å². The summed E-state index contributed by atoms with van der Waals surface area (Å²) in [6, 6.07) is 11.5. The average Bonchev–Trinajstić information content (AvgIpc) is 2.61. The fourth-order valence-electron chi connectivity index (χ4n) is 1.97. The zero-order chi connectivity index (χ0) is 19.3. The molecule has 0 spiro atoms. The third kappa shape index (κ3) is 4.55. The van der Waals surface area contributed by atoms with Gasteiger partial charge in [0.05, 0.1) is 27.1 Å². The number of nitro groups is 1. The van der Waals surface area contributed by atoms with Crippen molar-refractivity contribution in [1.29, 1.82) is 5.26 Å². The third-order valence-electron chi connectivity index (χ3n) is 3.29. The number of halogens is 1. The molecule has 2 aromatic rings. The van der Waals surface area contributed by atoms with Crippen molar-refractivity contribution in [2.45, 2.75) is 13.0 Å². The van der Waals surface area contributed by atoms with Crippen molar-refractivity contribution in [3.05, 3.63) is 68.7 Å². The number of hydrogen-bond donors (Lipinski definition) is 1. The molecule has 26 heavy (non-hydrogen) atoms. The summed E-state index contributed by atoms with van der Waals surface area (Å²) < 4.78 is 5.02. The minimum Gasteiger partial charge on any atom is -0.449 e. The highest BCUT2D eigenvalue weighted by Crippen LogP contribution is 2.23. The first-order valence-electron chi connectivity index (χ1n) is 7.27. The Hall–Kier alpha value is -3.44. The van der Waals surface area contributed by atoms with Gasteiger partial charge in [-0.15, -0.1) is 0 Å². The first kappa shape index (κ1) is 18.9. The van der Waals surface area contributed by atoms with Crippen LogP contribution in [0, 0.1) is 21.4 Å². The Morgan fingerprint density at radius 2 is 2.04 bits per heavy atom. The molecule has 1 N–H and O–H groups in total. The van der Waals surface area contributed by atoms with Crippen molar-refractivity contribution in [1.82, 2.24) is 0 Å². The maximum Gasteiger partial charge on any atom is 0.340 e. The van der Waals surface area contributed by atoms with Gasteiger partial charge in [-0.1, -0.05) is 17.7 Å². The Morgan fingerprint density at radius 3 is 2.69 bits per heavy atom. The summed E-state index contributed by atoms with van der Waals surface area (Å²) in [7, 11) is 0. The molecule has 0 aliphatic heterocycles. The van der Waals surface area contributed by atoms with E-state index in [4.69, 9.17) is 21.6 Å². The van der Waals surface area contributed by atoms with Gasteiger partial charge in [0.15, 0.2) is 6.10 Å². The average molecular weight is 374 g/mol. The van der Waals surface area contributed by atoms with E-state index in [0.717, 1.165) is 12.1 Å². The molecule has 0 unspecified atom stereocenters. The van der Waals surface area contributed by atoms with Gasteiger partial charge >= 0.3 is 5.97 Å². The van der Waals surface area contributed by atoms with Crippen molar-refractivity contribution in [2.75, 3.05) is 5.32 Å². The molecule has 9 heteroatoms. The molecule has 0 saturated heterocycles. The fourth-order valence-corrected chi connectivity index (χ4v) is 2.17. The lowest BCUT2D eigenvalue weighted by Gasteiger charge is -2.14. The van der Waals surface area contributed by atoms with Crippen LogP contribution in [0.2, 0.25) is 5.02 Å². The Bertz CT molecular complexity index is 923. The quantitative estimate of drug-likeness (QED) is 0.487. The molecule has 0 aliphatic carbocycles.